The van der Waals surface area contributed by atoms with Crippen LogP contribution < -0.4 is 11.1 Å². The third-order valence-electron chi connectivity index (χ3n) is 5.20. The van der Waals surface area contributed by atoms with Crippen LogP contribution in [0.2, 0.25) is 0 Å². The van der Waals surface area contributed by atoms with Crippen LogP contribution in [0.5, 0.6) is 0 Å². The third kappa shape index (κ3) is 4.10. The van der Waals surface area contributed by atoms with E-state index in [1.165, 1.54) is 0 Å². The quantitative estimate of drug-likeness (QED) is 0.765. The lowest BCUT2D eigenvalue weighted by atomic mass is 9.93. The Morgan fingerprint density at radius 3 is 2.30 bits per heavy atom. The van der Waals surface area contributed by atoms with Crippen LogP contribution >= 0.6 is 0 Å². The average molecular weight is 372 g/mol. The highest BCUT2D eigenvalue weighted by Crippen LogP contribution is 2.24. The molecule has 0 bridgehead atoms. The molecule has 1 aromatic carbocycles. The number of carbonyl (C=O) groups is 4. The molecule has 2 fully saturated rings. The molecule has 3 N–H and O–H groups in total. The molecule has 1 aliphatic heterocycles. The van der Waals surface area contributed by atoms with Gasteiger partial charge in [-0.05, 0) is 18.4 Å². The van der Waals surface area contributed by atoms with Crippen LogP contribution in [0.15, 0.2) is 30.3 Å². The summed E-state index contributed by atoms with van der Waals surface area (Å²) in [6.07, 6.45) is 5.02. The van der Waals surface area contributed by atoms with E-state index in [1.54, 1.807) is 35.2 Å². The molecule has 1 heterocycles. The minimum Gasteiger partial charge on any atom is -0.368 e. The van der Waals surface area contributed by atoms with Crippen molar-refractivity contribution in [1.82, 2.24) is 15.1 Å². The Morgan fingerprint density at radius 1 is 1.00 bits per heavy atom. The summed E-state index contributed by atoms with van der Waals surface area (Å²) >= 11 is 0. The second-order valence-corrected chi connectivity index (χ2v) is 6.94. The molecular weight excluding hydrogens is 348 g/mol. The van der Waals surface area contributed by atoms with Crippen molar-refractivity contribution in [2.24, 2.45) is 5.73 Å². The summed E-state index contributed by atoms with van der Waals surface area (Å²) in [6, 6.07) is 6.73. The molecule has 2 aliphatic rings. The summed E-state index contributed by atoms with van der Waals surface area (Å²) in [5.74, 6) is -2.26. The summed E-state index contributed by atoms with van der Waals surface area (Å²) in [6.45, 7) is 0.419. The molecule has 1 saturated heterocycles. The van der Waals surface area contributed by atoms with Gasteiger partial charge in [0.15, 0.2) is 0 Å². The standard InChI is InChI=1S/C19H24N4O4/c20-16(24)15(13-7-3-1-4-8-13)21-19(27)23-12-11-22(17(25)18(23)26)14-9-5-2-6-10-14/h1,3-4,7-8,14-15H,2,5-6,9-12H2,(H2,20,24)(H,21,27). The van der Waals surface area contributed by atoms with Crippen molar-refractivity contribution >= 4 is 23.8 Å². The molecule has 0 radical (unpaired) electrons. The topological polar surface area (TPSA) is 113 Å². The number of imide groups is 1. The van der Waals surface area contributed by atoms with Crippen LogP contribution in [0.3, 0.4) is 0 Å². The third-order valence-corrected chi connectivity index (χ3v) is 5.20. The zero-order valence-electron chi connectivity index (χ0n) is 15.1. The minimum absolute atomic E-state index is 0.0723. The zero-order chi connectivity index (χ0) is 19.4. The lowest BCUT2D eigenvalue weighted by Gasteiger charge is -2.39. The molecule has 8 nitrogen and oxygen atoms in total. The number of benzene rings is 1. The number of piperazine rings is 1. The zero-order valence-corrected chi connectivity index (χ0v) is 15.1. The van der Waals surface area contributed by atoms with Gasteiger partial charge in [-0.1, -0.05) is 49.6 Å². The van der Waals surface area contributed by atoms with E-state index in [-0.39, 0.29) is 12.6 Å². The maximum Gasteiger partial charge on any atom is 0.325 e. The molecule has 3 rings (SSSR count). The van der Waals surface area contributed by atoms with Crippen LogP contribution in [-0.2, 0) is 14.4 Å². The van der Waals surface area contributed by atoms with E-state index in [1.807, 2.05) is 0 Å². The first-order chi connectivity index (χ1) is 13.0. The van der Waals surface area contributed by atoms with E-state index in [9.17, 15) is 19.2 Å². The van der Waals surface area contributed by atoms with E-state index in [0.717, 1.165) is 37.0 Å². The Kier molecular flexibility index (Phi) is 5.73. The van der Waals surface area contributed by atoms with Crippen LogP contribution in [0.25, 0.3) is 0 Å². The van der Waals surface area contributed by atoms with Crippen molar-refractivity contribution in [3.05, 3.63) is 35.9 Å². The van der Waals surface area contributed by atoms with Gasteiger partial charge in [0.05, 0.1) is 0 Å². The Bertz CT molecular complexity index is 730. The number of carbonyl (C=O) groups excluding carboxylic acids is 4. The molecule has 27 heavy (non-hydrogen) atoms. The molecule has 1 saturated carbocycles. The van der Waals surface area contributed by atoms with Crippen molar-refractivity contribution < 1.29 is 19.2 Å². The Hall–Kier alpha value is -2.90. The minimum atomic E-state index is -1.07. The maximum absolute atomic E-state index is 12.5. The van der Waals surface area contributed by atoms with Gasteiger partial charge in [-0.2, -0.15) is 0 Å². The summed E-state index contributed by atoms with van der Waals surface area (Å²) in [5, 5.41) is 2.47. The van der Waals surface area contributed by atoms with Gasteiger partial charge in [0.2, 0.25) is 5.91 Å². The van der Waals surface area contributed by atoms with Crippen LogP contribution in [0.4, 0.5) is 4.79 Å². The van der Waals surface area contributed by atoms with Gasteiger partial charge in [-0.15, -0.1) is 0 Å². The molecule has 0 aromatic heterocycles. The van der Waals surface area contributed by atoms with Crippen molar-refractivity contribution in [2.45, 2.75) is 44.2 Å². The first-order valence-corrected chi connectivity index (χ1v) is 9.26. The lowest BCUT2D eigenvalue weighted by Crippen LogP contribution is -2.61. The smallest absolute Gasteiger partial charge is 0.325 e. The average Bonchev–Trinajstić information content (AvgIpc) is 2.69. The number of amides is 5. The van der Waals surface area contributed by atoms with Crippen LogP contribution in [0, 0.1) is 0 Å². The Balaban J connectivity index is 1.67. The van der Waals surface area contributed by atoms with Crippen molar-refractivity contribution in [3.8, 4) is 0 Å². The number of hydrogen-bond acceptors (Lipinski definition) is 4. The molecule has 5 amide bonds. The maximum atomic E-state index is 12.5. The number of urea groups is 1. The Labute approximate surface area is 157 Å². The first kappa shape index (κ1) is 18.9. The summed E-state index contributed by atoms with van der Waals surface area (Å²) in [5.41, 5.74) is 5.91. The molecule has 1 unspecified atom stereocenters. The summed E-state index contributed by atoms with van der Waals surface area (Å²) < 4.78 is 0. The van der Waals surface area contributed by atoms with Crippen molar-refractivity contribution in [3.63, 3.8) is 0 Å². The molecule has 144 valence electrons. The normalized spacial score (nSPS) is 19.7. The molecule has 0 spiro atoms. The fourth-order valence-electron chi connectivity index (χ4n) is 3.75. The highest BCUT2D eigenvalue weighted by atomic mass is 16.2. The van der Waals surface area contributed by atoms with Gasteiger partial charge in [-0.25, -0.2) is 4.79 Å². The monoisotopic (exact) mass is 372 g/mol. The second-order valence-electron chi connectivity index (χ2n) is 6.94. The highest BCUT2D eigenvalue weighted by Gasteiger charge is 2.40. The number of primary amides is 1. The number of nitrogens with zero attached hydrogens (tertiary/aromatic N) is 2. The van der Waals surface area contributed by atoms with E-state index >= 15 is 0 Å². The van der Waals surface area contributed by atoms with Gasteiger partial charge in [0.1, 0.15) is 6.04 Å². The van der Waals surface area contributed by atoms with E-state index < -0.39 is 29.8 Å². The highest BCUT2D eigenvalue weighted by molar-refractivity contribution is 6.38. The fourth-order valence-corrected chi connectivity index (χ4v) is 3.75. The summed E-state index contributed by atoms with van der Waals surface area (Å²) in [7, 11) is 0. The predicted molar refractivity (Wildman–Crippen MR) is 97.2 cm³/mol. The number of hydrogen-bond donors (Lipinski definition) is 2. The van der Waals surface area contributed by atoms with E-state index in [0.29, 0.717) is 12.1 Å². The van der Waals surface area contributed by atoms with Crippen LogP contribution in [-0.4, -0.2) is 52.7 Å². The molecule has 1 atom stereocenters. The van der Waals surface area contributed by atoms with Gasteiger partial charge in [0, 0.05) is 19.1 Å². The largest absolute Gasteiger partial charge is 0.368 e. The molecule has 1 aromatic rings. The van der Waals surface area contributed by atoms with Crippen LogP contribution in [0.1, 0.15) is 43.7 Å². The fraction of sp³-hybridized carbons (Fsp3) is 0.474. The lowest BCUT2D eigenvalue weighted by molar-refractivity contribution is -0.156. The van der Waals surface area contributed by atoms with E-state index in [4.69, 9.17) is 5.73 Å². The van der Waals surface area contributed by atoms with Crippen molar-refractivity contribution in [1.29, 1.82) is 0 Å². The molecule has 8 heteroatoms. The number of nitrogens with one attached hydrogen (secondary N) is 1. The molecular formula is C19H24N4O4. The second kappa shape index (κ2) is 8.20. The SMILES string of the molecule is NC(=O)C(NC(=O)N1CCN(C2CCCCC2)C(=O)C1=O)c1ccccc1. The van der Waals surface area contributed by atoms with Gasteiger partial charge in [0.25, 0.3) is 0 Å². The number of rotatable bonds is 4. The van der Waals surface area contributed by atoms with Gasteiger partial charge in [-0.3, -0.25) is 19.3 Å². The predicted octanol–water partition coefficient (Wildman–Crippen LogP) is 0.926. The Morgan fingerprint density at radius 2 is 1.67 bits per heavy atom. The number of nitrogens with two attached hydrogens (primary N) is 1. The molecule has 1 aliphatic carbocycles. The van der Waals surface area contributed by atoms with Gasteiger partial charge < -0.3 is 16.0 Å². The summed E-state index contributed by atoms with van der Waals surface area (Å²) in [4.78, 5) is 51.7. The first-order valence-electron chi connectivity index (χ1n) is 9.26. The van der Waals surface area contributed by atoms with Gasteiger partial charge >= 0.3 is 17.8 Å². The van der Waals surface area contributed by atoms with Crippen molar-refractivity contribution in [2.75, 3.05) is 13.1 Å². The van der Waals surface area contributed by atoms with E-state index in [2.05, 4.69) is 5.32 Å².